The number of carbonyl (C=O) groups excluding carboxylic acids is 3. The van der Waals surface area contributed by atoms with Crippen molar-refractivity contribution in [2.24, 2.45) is 11.8 Å². The van der Waals surface area contributed by atoms with E-state index >= 15 is 0 Å². The normalized spacial score (nSPS) is 13.0. The first-order valence-electron chi connectivity index (χ1n) is 14.1. The summed E-state index contributed by atoms with van der Waals surface area (Å²) in [7, 11) is 0. The number of rotatable bonds is 19. The summed E-state index contributed by atoms with van der Waals surface area (Å²) in [4.78, 5) is 37.8. The lowest BCUT2D eigenvalue weighted by Gasteiger charge is -2.25. The van der Waals surface area contributed by atoms with E-state index in [1.807, 2.05) is 68.4 Å². The Morgan fingerprint density at radius 3 is 2.27 bits per heavy atom. The highest BCUT2D eigenvalue weighted by atomic mass is 16.5. The number of aliphatic hydroxyl groups excluding tert-OH is 1. The van der Waals surface area contributed by atoms with Gasteiger partial charge in [-0.2, -0.15) is 0 Å². The van der Waals surface area contributed by atoms with Crippen LogP contribution in [0.25, 0.3) is 0 Å². The van der Waals surface area contributed by atoms with Gasteiger partial charge in [-0.15, -0.1) is 13.2 Å². The Balaban J connectivity index is 1.89. The molecule has 0 fully saturated rings. The van der Waals surface area contributed by atoms with Crippen LogP contribution in [-0.4, -0.2) is 48.2 Å². The van der Waals surface area contributed by atoms with Gasteiger partial charge in [0.1, 0.15) is 19.0 Å². The lowest BCUT2D eigenvalue weighted by Crippen LogP contribution is -2.46. The zero-order valence-electron chi connectivity index (χ0n) is 24.2. The first-order chi connectivity index (χ1) is 19.7. The van der Waals surface area contributed by atoms with Gasteiger partial charge in [0.2, 0.25) is 11.8 Å². The van der Waals surface area contributed by atoms with Crippen molar-refractivity contribution in [3.8, 4) is 5.75 Å². The summed E-state index contributed by atoms with van der Waals surface area (Å²) in [6, 6.07) is 16.5. The molecule has 2 amide bonds. The average molecular weight is 565 g/mol. The second-order valence-electron chi connectivity index (χ2n) is 10.4. The lowest BCUT2D eigenvalue weighted by atomic mass is 9.97. The van der Waals surface area contributed by atoms with Crippen LogP contribution in [0.2, 0.25) is 0 Å². The summed E-state index contributed by atoms with van der Waals surface area (Å²) in [6.45, 7) is 11.4. The second kappa shape index (κ2) is 18.4. The minimum atomic E-state index is -0.648. The fourth-order valence-corrected chi connectivity index (χ4v) is 4.08. The molecule has 3 N–H and O–H groups in total. The van der Waals surface area contributed by atoms with Crippen molar-refractivity contribution in [2.75, 3.05) is 13.2 Å². The van der Waals surface area contributed by atoms with Gasteiger partial charge in [0.05, 0.1) is 24.6 Å². The van der Waals surface area contributed by atoms with E-state index in [0.29, 0.717) is 25.9 Å². The molecule has 0 aliphatic heterocycles. The van der Waals surface area contributed by atoms with Gasteiger partial charge in [-0.05, 0) is 48.4 Å². The van der Waals surface area contributed by atoms with Crippen LogP contribution in [0, 0.1) is 11.8 Å². The number of aliphatic hydroxyl groups is 1. The Bertz CT molecular complexity index is 1100. The second-order valence-corrected chi connectivity index (χ2v) is 10.4. The van der Waals surface area contributed by atoms with Crippen molar-refractivity contribution >= 4 is 17.8 Å². The quantitative estimate of drug-likeness (QED) is 0.171. The molecule has 8 nitrogen and oxygen atoms in total. The van der Waals surface area contributed by atoms with Crippen molar-refractivity contribution in [1.29, 1.82) is 0 Å². The third-order valence-corrected chi connectivity index (χ3v) is 6.60. The van der Waals surface area contributed by atoms with Gasteiger partial charge in [-0.25, -0.2) is 0 Å². The van der Waals surface area contributed by atoms with E-state index in [4.69, 9.17) is 9.47 Å². The van der Waals surface area contributed by atoms with E-state index in [2.05, 4.69) is 23.8 Å². The van der Waals surface area contributed by atoms with E-state index in [0.717, 1.165) is 16.9 Å². The van der Waals surface area contributed by atoms with Crippen LogP contribution in [0.5, 0.6) is 5.75 Å². The third kappa shape index (κ3) is 12.9. The molecule has 0 spiro atoms. The van der Waals surface area contributed by atoms with Gasteiger partial charge in [-0.3, -0.25) is 14.4 Å². The third-order valence-electron chi connectivity index (χ3n) is 6.60. The maximum Gasteiger partial charge on any atom is 0.306 e. The van der Waals surface area contributed by atoms with Gasteiger partial charge in [0, 0.05) is 12.8 Å². The Hall–Kier alpha value is -3.91. The summed E-state index contributed by atoms with van der Waals surface area (Å²) in [5, 5.41) is 15.7. The molecule has 2 aromatic rings. The summed E-state index contributed by atoms with van der Waals surface area (Å²) in [6.07, 6.45) is 4.67. The summed E-state index contributed by atoms with van der Waals surface area (Å²) >= 11 is 0. The number of esters is 1. The molecule has 0 aliphatic rings. The van der Waals surface area contributed by atoms with Gasteiger partial charge in [0.15, 0.2) is 0 Å². The molecule has 222 valence electrons. The van der Waals surface area contributed by atoms with Crippen molar-refractivity contribution in [1.82, 2.24) is 10.6 Å². The molecular formula is C33H44N2O6. The van der Waals surface area contributed by atoms with Crippen molar-refractivity contribution in [2.45, 2.75) is 64.6 Å². The number of benzene rings is 2. The highest BCUT2D eigenvalue weighted by Gasteiger charge is 2.26. The van der Waals surface area contributed by atoms with Gasteiger partial charge >= 0.3 is 5.97 Å². The number of amides is 2. The fourth-order valence-electron chi connectivity index (χ4n) is 4.08. The average Bonchev–Trinajstić information content (AvgIpc) is 2.97. The van der Waals surface area contributed by atoms with Gasteiger partial charge < -0.3 is 25.2 Å². The van der Waals surface area contributed by atoms with Crippen LogP contribution in [0.15, 0.2) is 79.9 Å². The van der Waals surface area contributed by atoms with Crippen LogP contribution in [0.4, 0.5) is 0 Å². The largest absolute Gasteiger partial charge is 0.489 e. The summed E-state index contributed by atoms with van der Waals surface area (Å²) in [5.41, 5.74) is 2.00. The van der Waals surface area contributed by atoms with Crippen molar-refractivity contribution < 1.29 is 29.0 Å². The standard InChI is InChI=1S/C33H44N2O6/c1-5-7-14-32(38)41-23-30(24(3)4)35-33(39)27(11-6-2)20-31(37)34-28(21-36)19-25-15-17-29(18-16-25)40-22-26-12-9-8-10-13-26/h5-6,8-10,12-13,15-18,24,27-28,30,36H,1-2,7,11,14,19-23H2,3-4H3,(H,34,37)(H,35,39)/t27-,28+,30-/m1/s1. The number of nitrogens with one attached hydrogen (secondary N) is 2. The summed E-state index contributed by atoms with van der Waals surface area (Å²) < 4.78 is 11.1. The Morgan fingerprint density at radius 1 is 0.951 bits per heavy atom. The van der Waals surface area contributed by atoms with Crippen molar-refractivity contribution in [3.05, 3.63) is 91.0 Å². The molecule has 0 bridgehead atoms. The van der Waals surface area contributed by atoms with Crippen LogP contribution in [0.3, 0.4) is 0 Å². The van der Waals surface area contributed by atoms with Crippen LogP contribution in [0.1, 0.15) is 50.7 Å². The fraction of sp³-hybridized carbons (Fsp3) is 0.424. The molecule has 0 aromatic heterocycles. The molecule has 0 unspecified atom stereocenters. The van der Waals surface area contributed by atoms with E-state index in [-0.39, 0.29) is 49.8 Å². The van der Waals surface area contributed by atoms with E-state index in [9.17, 15) is 19.5 Å². The van der Waals surface area contributed by atoms with Crippen molar-refractivity contribution in [3.63, 3.8) is 0 Å². The molecule has 2 aromatic carbocycles. The zero-order chi connectivity index (χ0) is 30.0. The first-order valence-corrected chi connectivity index (χ1v) is 14.1. The molecule has 41 heavy (non-hydrogen) atoms. The SMILES string of the molecule is C=CCCC(=O)OC[C@@H](NC(=O)[C@H](CC=C)CC(=O)N[C@H](CO)Cc1ccc(OCc2ccccc2)cc1)C(C)C. The highest BCUT2D eigenvalue weighted by molar-refractivity contribution is 5.86. The molecule has 0 saturated carbocycles. The number of hydrogen-bond acceptors (Lipinski definition) is 6. The smallest absolute Gasteiger partial charge is 0.306 e. The molecule has 2 rings (SSSR count). The number of ether oxygens (including phenoxy) is 2. The van der Waals surface area contributed by atoms with Gasteiger partial charge in [0.25, 0.3) is 0 Å². The van der Waals surface area contributed by atoms with E-state index < -0.39 is 18.0 Å². The minimum absolute atomic E-state index is 0.0123. The molecule has 0 aliphatic carbocycles. The monoisotopic (exact) mass is 564 g/mol. The van der Waals surface area contributed by atoms with E-state index in [1.54, 1.807) is 12.2 Å². The first kappa shape index (κ1) is 33.3. The maximum absolute atomic E-state index is 13.1. The zero-order valence-corrected chi connectivity index (χ0v) is 24.2. The van der Waals surface area contributed by atoms with Crippen LogP contribution < -0.4 is 15.4 Å². The molecule has 0 radical (unpaired) electrons. The number of allylic oxidation sites excluding steroid dienone is 2. The lowest BCUT2D eigenvalue weighted by molar-refractivity contribution is -0.145. The predicted molar refractivity (Wildman–Crippen MR) is 160 cm³/mol. The molecule has 8 heteroatoms. The minimum Gasteiger partial charge on any atom is -0.489 e. The van der Waals surface area contributed by atoms with Crippen LogP contribution in [-0.2, 0) is 32.1 Å². The molecule has 0 saturated heterocycles. The van der Waals surface area contributed by atoms with E-state index in [1.165, 1.54) is 0 Å². The number of carbonyl (C=O) groups is 3. The number of hydrogen-bond donors (Lipinski definition) is 3. The topological polar surface area (TPSA) is 114 Å². The molecular weight excluding hydrogens is 520 g/mol. The Morgan fingerprint density at radius 2 is 1.66 bits per heavy atom. The maximum atomic E-state index is 13.1. The molecule has 3 atom stereocenters. The van der Waals surface area contributed by atoms with Gasteiger partial charge in [-0.1, -0.05) is 68.5 Å². The Labute approximate surface area is 243 Å². The Kier molecular flexibility index (Phi) is 15.0. The highest BCUT2D eigenvalue weighted by Crippen LogP contribution is 2.16. The predicted octanol–water partition coefficient (Wildman–Crippen LogP) is 4.52. The van der Waals surface area contributed by atoms with Crippen LogP contribution >= 0.6 is 0 Å². The summed E-state index contributed by atoms with van der Waals surface area (Å²) in [5.74, 6) is -0.912. The molecule has 0 heterocycles.